The third-order valence-corrected chi connectivity index (χ3v) is 5.82. The number of dihydropyridines is 2. The molecule has 0 aromatic heterocycles. The molecule has 2 amide bonds. The molecule has 0 aromatic carbocycles. The molecule has 9 heteroatoms. The molecule has 9 nitrogen and oxygen atoms in total. The second kappa shape index (κ2) is 9.27. The van der Waals surface area contributed by atoms with Gasteiger partial charge in [0.25, 0.3) is 0 Å². The molecule has 1 saturated carbocycles. The number of nitrogens with two attached hydrogens (primary N) is 2. The molecular weight excluding hydrogens is 380 g/mol. The molecule has 2 fully saturated rings. The van der Waals surface area contributed by atoms with Crippen LogP contribution in [0.25, 0.3) is 0 Å². The minimum absolute atomic E-state index is 0.147. The Hall–Kier alpha value is -2.91. The van der Waals surface area contributed by atoms with Crippen LogP contribution >= 0.6 is 0 Å². The monoisotopic (exact) mass is 410 g/mol. The Morgan fingerprint density at radius 1 is 1.30 bits per heavy atom. The summed E-state index contributed by atoms with van der Waals surface area (Å²) >= 11 is 0. The van der Waals surface area contributed by atoms with Gasteiger partial charge in [-0.2, -0.15) is 0 Å². The van der Waals surface area contributed by atoms with Crippen molar-refractivity contribution < 1.29 is 4.79 Å². The van der Waals surface area contributed by atoms with Crippen LogP contribution in [-0.4, -0.2) is 54.7 Å². The molecule has 0 bridgehead atoms. The van der Waals surface area contributed by atoms with Gasteiger partial charge in [-0.05, 0) is 37.5 Å². The molecule has 3 heterocycles. The maximum absolute atomic E-state index is 12.3. The lowest BCUT2D eigenvalue weighted by molar-refractivity contribution is 0.239. The number of hydrogen-bond donors (Lipinski definition) is 5. The lowest BCUT2D eigenvalue weighted by atomic mass is 10.00. The summed E-state index contributed by atoms with van der Waals surface area (Å²) in [5.74, 6) is 6.45. The summed E-state index contributed by atoms with van der Waals surface area (Å²) in [6.07, 6.45) is 16.3. The van der Waals surface area contributed by atoms with E-state index in [1.165, 1.54) is 19.0 Å². The molecule has 4 rings (SSSR count). The number of allylic oxidation sites excluding steroid dienone is 4. The minimum atomic E-state index is -0.179. The summed E-state index contributed by atoms with van der Waals surface area (Å²) in [6.45, 7) is 1.60. The van der Waals surface area contributed by atoms with Gasteiger partial charge >= 0.3 is 6.03 Å². The van der Waals surface area contributed by atoms with Gasteiger partial charge in [-0.25, -0.2) is 9.80 Å². The number of fused-ring (bicyclic) bond motifs is 1. The number of carbonyl (C=O) groups excluding carboxylic acids is 1. The van der Waals surface area contributed by atoms with Gasteiger partial charge < -0.3 is 16.4 Å². The highest BCUT2D eigenvalue weighted by molar-refractivity contribution is 5.99. The van der Waals surface area contributed by atoms with Crippen molar-refractivity contribution in [3.8, 4) is 0 Å². The summed E-state index contributed by atoms with van der Waals surface area (Å²) in [5.41, 5.74) is 8.42. The summed E-state index contributed by atoms with van der Waals surface area (Å²) in [4.78, 5) is 21.4. The molecule has 2 atom stereocenters. The maximum atomic E-state index is 12.3. The van der Waals surface area contributed by atoms with Crippen LogP contribution in [0.5, 0.6) is 0 Å². The number of amides is 2. The standard InChI is InChI=1S/C21H30N8O/c22-10-15(12-24-17-7-8-29(23)13-17)14-9-19-18(25-11-14)5-6-20(27-19)28-21(30)26-16-3-1-2-4-16/h5-6,9-12,16-17,19,27H,1-4,7-8,13,22-23H2,(H2,26,28,30). The van der Waals surface area contributed by atoms with E-state index >= 15 is 0 Å². The van der Waals surface area contributed by atoms with E-state index in [9.17, 15) is 4.79 Å². The number of nitrogens with zero attached hydrogens (tertiary/aromatic N) is 3. The summed E-state index contributed by atoms with van der Waals surface area (Å²) in [5, 5.41) is 11.0. The molecular formula is C21H30N8O. The van der Waals surface area contributed by atoms with Crippen molar-refractivity contribution in [3.63, 3.8) is 0 Å². The summed E-state index contributed by atoms with van der Waals surface area (Å²) in [7, 11) is 0. The molecule has 4 aliphatic rings. The average molecular weight is 411 g/mol. The Bertz CT molecular complexity index is 847. The fraction of sp³-hybridized carbons (Fsp3) is 0.476. The fourth-order valence-corrected chi connectivity index (χ4v) is 4.13. The normalized spacial score (nSPS) is 27.4. The highest BCUT2D eigenvalue weighted by Crippen LogP contribution is 2.22. The molecule has 0 aromatic rings. The Labute approximate surface area is 176 Å². The summed E-state index contributed by atoms with van der Waals surface area (Å²) < 4.78 is 0. The number of rotatable bonds is 5. The van der Waals surface area contributed by atoms with Gasteiger partial charge in [-0.3, -0.25) is 21.1 Å². The Morgan fingerprint density at radius 2 is 2.13 bits per heavy atom. The van der Waals surface area contributed by atoms with Crippen LogP contribution in [0.2, 0.25) is 0 Å². The first-order chi connectivity index (χ1) is 14.6. The van der Waals surface area contributed by atoms with Crippen molar-refractivity contribution in [2.24, 2.45) is 21.6 Å². The van der Waals surface area contributed by atoms with Gasteiger partial charge in [0.2, 0.25) is 0 Å². The zero-order valence-electron chi connectivity index (χ0n) is 17.1. The zero-order valence-corrected chi connectivity index (χ0v) is 17.1. The number of nitrogens with one attached hydrogen (secondary N) is 3. The number of aliphatic imine (C=N–C) groups is 2. The second-order valence-electron chi connectivity index (χ2n) is 8.09. The van der Waals surface area contributed by atoms with Crippen molar-refractivity contribution >= 4 is 18.5 Å². The van der Waals surface area contributed by atoms with Crippen LogP contribution in [0.1, 0.15) is 32.1 Å². The topological polar surface area (TPSA) is 133 Å². The lowest BCUT2D eigenvalue weighted by Gasteiger charge is -2.26. The Kier molecular flexibility index (Phi) is 6.29. The Balaban J connectivity index is 1.37. The highest BCUT2D eigenvalue weighted by atomic mass is 16.2. The molecule has 1 saturated heterocycles. The zero-order chi connectivity index (χ0) is 20.9. The first-order valence-electron chi connectivity index (χ1n) is 10.6. The van der Waals surface area contributed by atoms with Crippen LogP contribution in [0.4, 0.5) is 4.79 Å². The number of carbonyl (C=O) groups is 1. The quantitative estimate of drug-likeness (QED) is 0.338. The van der Waals surface area contributed by atoms with Crippen LogP contribution < -0.4 is 27.5 Å². The van der Waals surface area contributed by atoms with Crippen LogP contribution in [0.15, 0.2) is 57.1 Å². The SMILES string of the molecule is NC=C(C=NC1CCN(N)C1)C1=CC2NC(NC(=O)NC3CCCC3)=CC=C2N=C1. The molecule has 30 heavy (non-hydrogen) atoms. The fourth-order valence-electron chi connectivity index (χ4n) is 4.13. The number of hydrazine groups is 1. The largest absolute Gasteiger partial charge is 0.404 e. The van der Waals surface area contributed by atoms with Crippen molar-refractivity contribution in [2.75, 3.05) is 13.1 Å². The Morgan fingerprint density at radius 3 is 2.87 bits per heavy atom. The average Bonchev–Trinajstić information content (AvgIpc) is 3.39. The van der Waals surface area contributed by atoms with Gasteiger partial charge in [0.15, 0.2) is 0 Å². The van der Waals surface area contributed by atoms with Crippen LogP contribution in [0, 0.1) is 0 Å². The third-order valence-electron chi connectivity index (χ3n) is 5.82. The van der Waals surface area contributed by atoms with E-state index in [-0.39, 0.29) is 24.2 Å². The number of hydrogen-bond acceptors (Lipinski definition) is 7. The van der Waals surface area contributed by atoms with E-state index in [0.29, 0.717) is 5.82 Å². The molecule has 0 radical (unpaired) electrons. The van der Waals surface area contributed by atoms with E-state index in [1.807, 2.05) is 18.2 Å². The second-order valence-corrected chi connectivity index (χ2v) is 8.09. The predicted octanol–water partition coefficient (Wildman–Crippen LogP) is 0.798. The van der Waals surface area contributed by atoms with Gasteiger partial charge in [0, 0.05) is 48.9 Å². The van der Waals surface area contributed by atoms with E-state index < -0.39 is 0 Å². The van der Waals surface area contributed by atoms with E-state index in [2.05, 4.69) is 25.9 Å². The molecule has 7 N–H and O–H groups in total. The maximum Gasteiger partial charge on any atom is 0.320 e. The minimum Gasteiger partial charge on any atom is -0.404 e. The van der Waals surface area contributed by atoms with Crippen molar-refractivity contribution in [1.82, 2.24) is 21.0 Å². The highest BCUT2D eigenvalue weighted by Gasteiger charge is 2.23. The molecule has 160 valence electrons. The van der Waals surface area contributed by atoms with Gasteiger partial charge in [-0.15, -0.1) is 0 Å². The molecule has 3 aliphatic heterocycles. The van der Waals surface area contributed by atoms with E-state index in [0.717, 1.165) is 49.2 Å². The van der Waals surface area contributed by atoms with E-state index in [4.69, 9.17) is 11.6 Å². The first kappa shape index (κ1) is 20.4. The van der Waals surface area contributed by atoms with E-state index in [1.54, 1.807) is 17.4 Å². The molecule has 2 unspecified atom stereocenters. The molecule has 1 aliphatic carbocycles. The van der Waals surface area contributed by atoms with Gasteiger partial charge in [0.1, 0.15) is 5.82 Å². The van der Waals surface area contributed by atoms with Crippen molar-refractivity contribution in [3.05, 3.63) is 47.1 Å². The van der Waals surface area contributed by atoms with Crippen LogP contribution in [-0.2, 0) is 0 Å². The predicted molar refractivity (Wildman–Crippen MR) is 119 cm³/mol. The lowest BCUT2D eigenvalue weighted by Crippen LogP contribution is -2.46. The third kappa shape index (κ3) is 4.98. The summed E-state index contributed by atoms with van der Waals surface area (Å²) in [6, 6.07) is 0.132. The van der Waals surface area contributed by atoms with Crippen LogP contribution in [0.3, 0.4) is 0 Å². The first-order valence-corrected chi connectivity index (χ1v) is 10.6. The molecule has 0 spiro atoms. The van der Waals surface area contributed by atoms with Crippen molar-refractivity contribution in [1.29, 1.82) is 0 Å². The van der Waals surface area contributed by atoms with Crippen molar-refractivity contribution in [2.45, 2.75) is 50.2 Å². The van der Waals surface area contributed by atoms with Gasteiger partial charge in [0.05, 0.1) is 17.8 Å². The smallest absolute Gasteiger partial charge is 0.320 e. The number of urea groups is 1. The van der Waals surface area contributed by atoms with Gasteiger partial charge in [-0.1, -0.05) is 12.8 Å².